The molecule has 0 aliphatic heterocycles. The third-order valence-corrected chi connectivity index (χ3v) is 2.68. The number of hydrogen-bond donors (Lipinski definition) is 2. The predicted molar refractivity (Wildman–Crippen MR) is 70.6 cm³/mol. The van der Waals surface area contributed by atoms with Crippen LogP contribution in [0.4, 0.5) is 0 Å². The van der Waals surface area contributed by atoms with Gasteiger partial charge in [-0.3, -0.25) is 4.79 Å². The molecule has 0 spiro atoms. The van der Waals surface area contributed by atoms with Crippen LogP contribution in [-0.4, -0.2) is 33.2 Å². The summed E-state index contributed by atoms with van der Waals surface area (Å²) in [5.74, 6) is 0.637. The van der Waals surface area contributed by atoms with Gasteiger partial charge in [-0.05, 0) is 19.0 Å². The Kier molecular flexibility index (Phi) is 5.74. The fourth-order valence-corrected chi connectivity index (χ4v) is 1.68. The van der Waals surface area contributed by atoms with E-state index in [-0.39, 0.29) is 5.91 Å². The molecule has 3 N–H and O–H groups in total. The van der Waals surface area contributed by atoms with Crippen molar-refractivity contribution in [3.63, 3.8) is 0 Å². The van der Waals surface area contributed by atoms with E-state index in [1.165, 1.54) is 20.3 Å². The molecule has 1 amide bonds. The number of nitrogens with two attached hydrogens (primary N) is 1. The number of carbonyl (C=O) groups excluding carboxylic acids is 1. The zero-order valence-electron chi connectivity index (χ0n) is 10.5. The summed E-state index contributed by atoms with van der Waals surface area (Å²) in [5.41, 5.74) is 5.73. The Labute approximate surface area is 111 Å². The molecule has 18 heavy (non-hydrogen) atoms. The smallest absolute Gasteiger partial charge is 0.255 e. The zero-order chi connectivity index (χ0) is 13.5. The first-order valence-corrected chi connectivity index (χ1v) is 5.91. The van der Waals surface area contributed by atoms with Gasteiger partial charge >= 0.3 is 0 Å². The maximum atomic E-state index is 11.9. The summed E-state index contributed by atoms with van der Waals surface area (Å²) in [4.78, 5) is 11.9. The van der Waals surface area contributed by atoms with Crippen molar-refractivity contribution in [2.45, 2.75) is 6.42 Å². The Morgan fingerprint density at radius 3 is 2.56 bits per heavy atom. The van der Waals surface area contributed by atoms with Gasteiger partial charge in [0.15, 0.2) is 0 Å². The van der Waals surface area contributed by atoms with E-state index in [9.17, 15) is 4.79 Å². The molecular formula is C12H17ClN2O3. The number of methoxy groups -OCH3 is 2. The van der Waals surface area contributed by atoms with Crippen molar-refractivity contribution in [1.29, 1.82) is 0 Å². The number of carbonyl (C=O) groups is 1. The second-order valence-corrected chi connectivity index (χ2v) is 3.99. The first kappa shape index (κ1) is 14.6. The second-order valence-electron chi connectivity index (χ2n) is 3.59. The van der Waals surface area contributed by atoms with Gasteiger partial charge in [0.25, 0.3) is 5.91 Å². The average molecular weight is 273 g/mol. The van der Waals surface area contributed by atoms with Crippen molar-refractivity contribution in [2.24, 2.45) is 5.73 Å². The Morgan fingerprint density at radius 1 is 1.33 bits per heavy atom. The zero-order valence-corrected chi connectivity index (χ0v) is 11.2. The molecule has 0 bridgehead atoms. The molecule has 0 saturated heterocycles. The first-order valence-electron chi connectivity index (χ1n) is 5.53. The van der Waals surface area contributed by atoms with Gasteiger partial charge in [-0.25, -0.2) is 0 Å². The van der Waals surface area contributed by atoms with Crippen LogP contribution in [0.1, 0.15) is 16.8 Å². The molecule has 0 fully saturated rings. The van der Waals surface area contributed by atoms with Gasteiger partial charge in [-0.2, -0.15) is 0 Å². The Morgan fingerprint density at radius 2 is 2.00 bits per heavy atom. The minimum absolute atomic E-state index is 0.246. The number of rotatable bonds is 6. The van der Waals surface area contributed by atoms with Crippen LogP contribution in [0.25, 0.3) is 0 Å². The van der Waals surface area contributed by atoms with Crippen LogP contribution in [0.2, 0.25) is 5.02 Å². The van der Waals surface area contributed by atoms with Crippen LogP contribution in [-0.2, 0) is 0 Å². The Bertz CT molecular complexity index is 424. The molecule has 1 rings (SSSR count). The van der Waals surface area contributed by atoms with E-state index in [0.29, 0.717) is 35.2 Å². The summed E-state index contributed by atoms with van der Waals surface area (Å²) in [6.45, 7) is 1.04. The maximum Gasteiger partial charge on any atom is 0.255 e. The quantitative estimate of drug-likeness (QED) is 0.769. The fourth-order valence-electron chi connectivity index (χ4n) is 1.44. The predicted octanol–water partition coefficient (Wildman–Crippen LogP) is 1.44. The van der Waals surface area contributed by atoms with E-state index in [2.05, 4.69) is 5.32 Å². The van der Waals surface area contributed by atoms with Gasteiger partial charge in [0.2, 0.25) is 0 Å². The topological polar surface area (TPSA) is 73.6 Å². The molecule has 0 heterocycles. The molecule has 0 aromatic heterocycles. The summed E-state index contributed by atoms with van der Waals surface area (Å²) in [5, 5.41) is 3.10. The van der Waals surface area contributed by atoms with Crippen LogP contribution < -0.4 is 20.5 Å². The van der Waals surface area contributed by atoms with Crippen LogP contribution in [0.3, 0.4) is 0 Å². The van der Waals surface area contributed by atoms with Crippen molar-refractivity contribution in [3.05, 3.63) is 22.7 Å². The molecule has 1 aromatic carbocycles. The van der Waals surface area contributed by atoms with Crippen molar-refractivity contribution in [3.8, 4) is 11.5 Å². The van der Waals surface area contributed by atoms with E-state index < -0.39 is 0 Å². The second kappa shape index (κ2) is 7.08. The lowest BCUT2D eigenvalue weighted by atomic mass is 10.1. The van der Waals surface area contributed by atoms with Crippen molar-refractivity contribution in [1.82, 2.24) is 5.32 Å². The highest BCUT2D eigenvalue weighted by Gasteiger charge is 2.15. The lowest BCUT2D eigenvalue weighted by Crippen LogP contribution is -2.26. The highest BCUT2D eigenvalue weighted by atomic mass is 35.5. The van der Waals surface area contributed by atoms with Gasteiger partial charge in [-0.1, -0.05) is 11.6 Å². The molecule has 0 unspecified atom stereocenters. The van der Waals surface area contributed by atoms with Crippen molar-refractivity contribution >= 4 is 17.5 Å². The average Bonchev–Trinajstić information content (AvgIpc) is 2.38. The largest absolute Gasteiger partial charge is 0.496 e. The SMILES string of the molecule is COc1cc(OC)c(C(=O)NCCCN)cc1Cl. The number of ether oxygens (including phenoxy) is 2. The Hall–Kier alpha value is -1.46. The van der Waals surface area contributed by atoms with Crippen molar-refractivity contribution < 1.29 is 14.3 Å². The molecule has 1 aromatic rings. The highest BCUT2D eigenvalue weighted by molar-refractivity contribution is 6.32. The first-order chi connectivity index (χ1) is 8.63. The molecule has 0 radical (unpaired) electrons. The molecule has 6 heteroatoms. The van der Waals surface area contributed by atoms with Gasteiger partial charge in [0.1, 0.15) is 11.5 Å². The van der Waals surface area contributed by atoms with Gasteiger partial charge in [0, 0.05) is 12.6 Å². The van der Waals surface area contributed by atoms with Gasteiger partial charge in [0.05, 0.1) is 24.8 Å². The van der Waals surface area contributed by atoms with E-state index in [4.69, 9.17) is 26.8 Å². The van der Waals surface area contributed by atoms with E-state index in [1.54, 1.807) is 6.07 Å². The third kappa shape index (κ3) is 3.51. The number of amides is 1. The summed E-state index contributed by atoms with van der Waals surface area (Å²) < 4.78 is 10.2. The standard InChI is InChI=1S/C12H17ClN2O3/c1-17-10-7-11(18-2)9(13)6-8(10)12(16)15-5-3-4-14/h6-7H,3-5,14H2,1-2H3,(H,15,16). The summed E-state index contributed by atoms with van der Waals surface area (Å²) in [6.07, 6.45) is 0.720. The summed E-state index contributed by atoms with van der Waals surface area (Å²) in [6, 6.07) is 3.11. The van der Waals surface area contributed by atoms with E-state index >= 15 is 0 Å². The lowest BCUT2D eigenvalue weighted by Gasteiger charge is -2.12. The number of benzene rings is 1. The van der Waals surface area contributed by atoms with Crippen LogP contribution in [0.15, 0.2) is 12.1 Å². The maximum absolute atomic E-state index is 11.9. The minimum atomic E-state index is -0.246. The molecule has 100 valence electrons. The molecular weight excluding hydrogens is 256 g/mol. The number of halogens is 1. The molecule has 0 aliphatic rings. The normalized spacial score (nSPS) is 10.0. The van der Waals surface area contributed by atoms with Crippen molar-refractivity contribution in [2.75, 3.05) is 27.3 Å². The van der Waals surface area contributed by atoms with E-state index in [1.807, 2.05) is 0 Å². The Balaban J connectivity index is 2.93. The summed E-state index contributed by atoms with van der Waals surface area (Å²) >= 11 is 5.98. The molecule has 0 aliphatic carbocycles. The highest BCUT2D eigenvalue weighted by Crippen LogP contribution is 2.32. The minimum Gasteiger partial charge on any atom is -0.496 e. The van der Waals surface area contributed by atoms with Gasteiger partial charge in [-0.15, -0.1) is 0 Å². The van der Waals surface area contributed by atoms with Crippen LogP contribution >= 0.6 is 11.6 Å². The molecule has 0 atom stereocenters. The summed E-state index contributed by atoms with van der Waals surface area (Å²) in [7, 11) is 2.99. The monoisotopic (exact) mass is 272 g/mol. The third-order valence-electron chi connectivity index (χ3n) is 2.39. The molecule has 5 nitrogen and oxygen atoms in total. The lowest BCUT2D eigenvalue weighted by molar-refractivity contribution is 0.0950. The number of hydrogen-bond acceptors (Lipinski definition) is 4. The van der Waals surface area contributed by atoms with Gasteiger partial charge < -0.3 is 20.5 Å². The van der Waals surface area contributed by atoms with Crippen LogP contribution in [0, 0.1) is 0 Å². The fraction of sp³-hybridized carbons (Fsp3) is 0.417. The molecule has 0 saturated carbocycles. The van der Waals surface area contributed by atoms with E-state index in [0.717, 1.165) is 6.42 Å². The van der Waals surface area contributed by atoms with Crippen LogP contribution in [0.5, 0.6) is 11.5 Å². The number of nitrogens with one attached hydrogen (secondary N) is 1.